The van der Waals surface area contributed by atoms with Gasteiger partial charge in [-0.1, -0.05) is 64.9 Å². The Bertz CT molecular complexity index is 1120. The minimum absolute atomic E-state index is 0.269. The average molecular weight is 417 g/mol. The first kappa shape index (κ1) is 18.0. The van der Waals surface area contributed by atoms with E-state index in [0.717, 1.165) is 15.8 Å². The van der Waals surface area contributed by atoms with Gasteiger partial charge in [0.15, 0.2) is 5.13 Å². The third-order valence-electron chi connectivity index (χ3n) is 4.08. The number of rotatable bonds is 4. The summed E-state index contributed by atoms with van der Waals surface area (Å²) < 4.78 is 2.58. The quantitative estimate of drug-likeness (QED) is 0.483. The van der Waals surface area contributed by atoms with Gasteiger partial charge in [-0.15, -0.1) is 0 Å². The molecule has 2 heterocycles. The average Bonchev–Trinajstić information content (AvgIpc) is 3.16. The molecule has 4 aromatic rings. The second kappa shape index (κ2) is 7.31. The molecule has 0 saturated heterocycles. The Balaban J connectivity index is 1.60. The lowest BCUT2D eigenvalue weighted by molar-refractivity contribution is 0.102. The second-order valence-corrected chi connectivity index (χ2v) is 7.74. The molecule has 0 aliphatic carbocycles. The standard InChI is InChI=1S/C19H14Cl2N4OS/c1-11-16(17(21)25(24-11)10-12-6-2-3-7-13(12)20)18(26)23-19-22-14-8-4-5-9-15(14)27-19/h2-9H,10H2,1H3,(H,22,23,26). The third kappa shape index (κ3) is 3.56. The lowest BCUT2D eigenvalue weighted by Gasteiger charge is -2.06. The predicted molar refractivity (Wildman–Crippen MR) is 110 cm³/mol. The normalized spacial score (nSPS) is 11.1. The van der Waals surface area contributed by atoms with E-state index in [4.69, 9.17) is 23.2 Å². The molecule has 27 heavy (non-hydrogen) atoms. The second-order valence-electron chi connectivity index (χ2n) is 5.94. The topological polar surface area (TPSA) is 59.8 Å². The molecule has 0 radical (unpaired) electrons. The van der Waals surface area contributed by atoms with Crippen LogP contribution in [-0.4, -0.2) is 20.7 Å². The number of para-hydroxylation sites is 1. The summed E-state index contributed by atoms with van der Waals surface area (Å²) in [5.74, 6) is -0.332. The van der Waals surface area contributed by atoms with Crippen LogP contribution >= 0.6 is 34.5 Å². The number of hydrogen-bond donors (Lipinski definition) is 1. The van der Waals surface area contributed by atoms with Gasteiger partial charge in [0.2, 0.25) is 0 Å². The fraction of sp³-hybridized carbons (Fsp3) is 0.105. The molecule has 4 rings (SSSR count). The molecular formula is C19H14Cl2N4OS. The van der Waals surface area contributed by atoms with E-state index in [1.54, 1.807) is 11.6 Å². The monoisotopic (exact) mass is 416 g/mol. The fourth-order valence-corrected chi connectivity index (χ4v) is 4.17. The van der Waals surface area contributed by atoms with Gasteiger partial charge < -0.3 is 0 Å². The van der Waals surface area contributed by atoms with E-state index in [9.17, 15) is 4.79 Å². The van der Waals surface area contributed by atoms with Gasteiger partial charge in [-0.25, -0.2) is 9.67 Å². The van der Waals surface area contributed by atoms with Crippen molar-refractivity contribution in [3.05, 3.63) is 75.5 Å². The summed E-state index contributed by atoms with van der Waals surface area (Å²) >= 11 is 14.1. The molecule has 0 aliphatic heterocycles. The van der Waals surface area contributed by atoms with Crippen LogP contribution in [0.15, 0.2) is 48.5 Å². The van der Waals surface area contributed by atoms with Crippen molar-refractivity contribution in [2.45, 2.75) is 13.5 Å². The molecule has 0 unspecified atom stereocenters. The number of benzene rings is 2. The maximum atomic E-state index is 12.8. The highest BCUT2D eigenvalue weighted by Gasteiger charge is 2.22. The molecule has 0 spiro atoms. The van der Waals surface area contributed by atoms with Crippen LogP contribution in [-0.2, 0) is 6.54 Å². The van der Waals surface area contributed by atoms with Crippen molar-refractivity contribution < 1.29 is 4.79 Å². The molecule has 0 saturated carbocycles. The van der Waals surface area contributed by atoms with Crippen molar-refractivity contribution in [1.29, 1.82) is 0 Å². The number of fused-ring (bicyclic) bond motifs is 1. The first-order chi connectivity index (χ1) is 13.0. The molecule has 1 amide bonds. The Kier molecular flexibility index (Phi) is 4.86. The molecule has 0 fully saturated rings. The largest absolute Gasteiger partial charge is 0.298 e. The van der Waals surface area contributed by atoms with Crippen molar-refractivity contribution in [3.63, 3.8) is 0 Å². The van der Waals surface area contributed by atoms with Crippen LogP contribution in [0.2, 0.25) is 10.2 Å². The molecule has 0 atom stereocenters. The van der Waals surface area contributed by atoms with Crippen LogP contribution in [0.5, 0.6) is 0 Å². The summed E-state index contributed by atoms with van der Waals surface area (Å²) in [6.07, 6.45) is 0. The van der Waals surface area contributed by atoms with Crippen molar-refractivity contribution in [1.82, 2.24) is 14.8 Å². The summed E-state index contributed by atoms with van der Waals surface area (Å²) in [7, 11) is 0. The first-order valence-corrected chi connectivity index (χ1v) is 9.73. The van der Waals surface area contributed by atoms with Gasteiger partial charge in [-0.3, -0.25) is 10.1 Å². The van der Waals surface area contributed by atoms with Gasteiger partial charge in [-0.2, -0.15) is 5.10 Å². The summed E-state index contributed by atoms with van der Waals surface area (Å²) in [6.45, 7) is 2.13. The molecule has 0 aliphatic rings. The summed E-state index contributed by atoms with van der Waals surface area (Å²) in [6, 6.07) is 15.2. The number of carbonyl (C=O) groups excluding carboxylic acids is 1. The van der Waals surface area contributed by atoms with Crippen LogP contribution in [0.4, 0.5) is 5.13 Å². The van der Waals surface area contributed by atoms with Crippen molar-refractivity contribution >= 4 is 55.8 Å². The van der Waals surface area contributed by atoms with Gasteiger partial charge in [0.25, 0.3) is 5.91 Å². The van der Waals surface area contributed by atoms with E-state index >= 15 is 0 Å². The number of hydrogen-bond acceptors (Lipinski definition) is 4. The number of aryl methyl sites for hydroxylation is 1. The third-order valence-corrected chi connectivity index (χ3v) is 5.79. The van der Waals surface area contributed by atoms with Gasteiger partial charge in [-0.05, 0) is 30.7 Å². The fourth-order valence-electron chi connectivity index (χ4n) is 2.79. The Morgan fingerprint density at radius 1 is 1.15 bits per heavy atom. The predicted octanol–water partition coefficient (Wildman–Crippen LogP) is 5.41. The van der Waals surface area contributed by atoms with Gasteiger partial charge in [0.05, 0.1) is 28.0 Å². The lowest BCUT2D eigenvalue weighted by atomic mass is 10.2. The Morgan fingerprint density at radius 3 is 2.67 bits per heavy atom. The molecule has 2 aromatic carbocycles. The van der Waals surface area contributed by atoms with Crippen LogP contribution in [0.25, 0.3) is 10.2 Å². The van der Waals surface area contributed by atoms with Gasteiger partial charge in [0.1, 0.15) is 5.15 Å². The Labute approximate surface area is 169 Å². The number of thiazole rings is 1. The highest BCUT2D eigenvalue weighted by molar-refractivity contribution is 7.22. The van der Waals surface area contributed by atoms with E-state index in [-0.39, 0.29) is 11.1 Å². The molecule has 8 heteroatoms. The number of carbonyl (C=O) groups is 1. The molecule has 0 bridgehead atoms. The van der Waals surface area contributed by atoms with Crippen molar-refractivity contribution in [2.75, 3.05) is 5.32 Å². The van der Waals surface area contributed by atoms with Crippen LogP contribution < -0.4 is 5.32 Å². The number of aromatic nitrogens is 3. The van der Waals surface area contributed by atoms with E-state index < -0.39 is 0 Å². The maximum Gasteiger partial charge on any atom is 0.262 e. The lowest BCUT2D eigenvalue weighted by Crippen LogP contribution is -2.13. The van der Waals surface area contributed by atoms with Crippen molar-refractivity contribution in [2.24, 2.45) is 0 Å². The van der Waals surface area contributed by atoms with Crippen LogP contribution in [0.3, 0.4) is 0 Å². The van der Waals surface area contributed by atoms with E-state index in [1.165, 1.54) is 11.3 Å². The SMILES string of the molecule is Cc1nn(Cc2ccccc2Cl)c(Cl)c1C(=O)Nc1nc2ccccc2s1. The minimum atomic E-state index is -0.332. The molecule has 1 N–H and O–H groups in total. The zero-order chi connectivity index (χ0) is 19.0. The molecule has 2 aromatic heterocycles. The van der Waals surface area contributed by atoms with E-state index in [0.29, 0.717) is 28.0 Å². The highest BCUT2D eigenvalue weighted by Crippen LogP contribution is 2.28. The van der Waals surface area contributed by atoms with Crippen LogP contribution in [0, 0.1) is 6.92 Å². The van der Waals surface area contributed by atoms with Crippen LogP contribution in [0.1, 0.15) is 21.6 Å². The smallest absolute Gasteiger partial charge is 0.262 e. The molecule has 5 nitrogen and oxygen atoms in total. The maximum absolute atomic E-state index is 12.8. The zero-order valence-electron chi connectivity index (χ0n) is 14.2. The van der Waals surface area contributed by atoms with Gasteiger partial charge in [0, 0.05) is 5.02 Å². The minimum Gasteiger partial charge on any atom is -0.298 e. The summed E-state index contributed by atoms with van der Waals surface area (Å²) in [5.41, 5.74) is 2.60. The Hall–Kier alpha value is -2.41. The summed E-state index contributed by atoms with van der Waals surface area (Å²) in [4.78, 5) is 17.2. The number of anilines is 1. The van der Waals surface area contributed by atoms with Crippen molar-refractivity contribution in [3.8, 4) is 0 Å². The van der Waals surface area contributed by atoms with E-state index in [1.807, 2.05) is 48.5 Å². The van der Waals surface area contributed by atoms with Gasteiger partial charge >= 0.3 is 0 Å². The molecule has 136 valence electrons. The van der Waals surface area contributed by atoms with E-state index in [2.05, 4.69) is 15.4 Å². The number of amides is 1. The zero-order valence-corrected chi connectivity index (χ0v) is 16.6. The number of nitrogens with zero attached hydrogens (tertiary/aromatic N) is 3. The number of halogens is 2. The highest BCUT2D eigenvalue weighted by atomic mass is 35.5. The summed E-state index contributed by atoms with van der Waals surface area (Å²) in [5, 5.41) is 8.64. The first-order valence-electron chi connectivity index (χ1n) is 8.16. The molecular weight excluding hydrogens is 403 g/mol. The number of nitrogens with one attached hydrogen (secondary N) is 1. The Morgan fingerprint density at radius 2 is 1.89 bits per heavy atom.